The highest BCUT2D eigenvalue weighted by molar-refractivity contribution is 5.83. The molecule has 6 heteroatoms. The first-order valence-electron chi connectivity index (χ1n) is 9.79. The van der Waals surface area contributed by atoms with E-state index in [4.69, 9.17) is 5.84 Å². The minimum atomic E-state index is -0.296. The number of carbonyl (C=O) groups is 2. The summed E-state index contributed by atoms with van der Waals surface area (Å²) in [6, 6.07) is 9.03. The van der Waals surface area contributed by atoms with Crippen LogP contribution in [0.15, 0.2) is 24.3 Å². The molecular weight excluding hydrogens is 328 g/mol. The summed E-state index contributed by atoms with van der Waals surface area (Å²) >= 11 is 0. The fourth-order valence-electron chi connectivity index (χ4n) is 4.06. The molecule has 2 aliphatic rings. The van der Waals surface area contributed by atoms with Gasteiger partial charge in [-0.25, -0.2) is 5.84 Å². The van der Waals surface area contributed by atoms with Crippen molar-refractivity contribution in [3.05, 3.63) is 29.8 Å². The SMILES string of the molecule is NNC(=O)CCC(=O)N1CCN(c2ccc(C3CCCCC3)cc2)CC1. The predicted molar refractivity (Wildman–Crippen MR) is 103 cm³/mol. The molecular formula is C20H30N4O2. The number of hydrazine groups is 1. The Balaban J connectivity index is 1.48. The molecule has 1 aliphatic carbocycles. The van der Waals surface area contributed by atoms with E-state index in [1.165, 1.54) is 43.4 Å². The van der Waals surface area contributed by atoms with Gasteiger partial charge in [0.15, 0.2) is 0 Å². The summed E-state index contributed by atoms with van der Waals surface area (Å²) in [4.78, 5) is 27.5. The highest BCUT2D eigenvalue weighted by atomic mass is 16.2. The lowest BCUT2D eigenvalue weighted by Crippen LogP contribution is -2.49. The van der Waals surface area contributed by atoms with E-state index in [2.05, 4.69) is 34.6 Å². The summed E-state index contributed by atoms with van der Waals surface area (Å²) in [5, 5.41) is 0. The largest absolute Gasteiger partial charge is 0.368 e. The molecule has 1 saturated carbocycles. The third-order valence-corrected chi connectivity index (χ3v) is 5.69. The average molecular weight is 358 g/mol. The van der Waals surface area contributed by atoms with Crippen molar-refractivity contribution in [1.29, 1.82) is 0 Å². The molecule has 0 unspecified atom stereocenters. The molecule has 0 bridgehead atoms. The van der Waals surface area contributed by atoms with E-state index in [0.717, 1.165) is 19.0 Å². The summed E-state index contributed by atoms with van der Waals surface area (Å²) in [5.74, 6) is 5.51. The van der Waals surface area contributed by atoms with Crippen molar-refractivity contribution < 1.29 is 9.59 Å². The van der Waals surface area contributed by atoms with Crippen LogP contribution in [0.2, 0.25) is 0 Å². The molecule has 2 fully saturated rings. The van der Waals surface area contributed by atoms with E-state index in [1.807, 2.05) is 4.90 Å². The predicted octanol–water partition coefficient (Wildman–Crippen LogP) is 2.15. The van der Waals surface area contributed by atoms with Gasteiger partial charge in [-0.05, 0) is 36.5 Å². The molecule has 2 amide bonds. The molecule has 1 aromatic rings. The fraction of sp³-hybridized carbons (Fsp3) is 0.600. The van der Waals surface area contributed by atoms with Crippen molar-refractivity contribution in [3.8, 4) is 0 Å². The molecule has 1 saturated heterocycles. The number of nitrogens with zero attached hydrogens (tertiary/aromatic N) is 2. The molecule has 1 aromatic carbocycles. The highest BCUT2D eigenvalue weighted by Gasteiger charge is 2.22. The second-order valence-electron chi connectivity index (χ2n) is 7.36. The van der Waals surface area contributed by atoms with E-state index in [0.29, 0.717) is 13.1 Å². The summed E-state index contributed by atoms with van der Waals surface area (Å²) < 4.78 is 0. The zero-order valence-electron chi connectivity index (χ0n) is 15.5. The Morgan fingerprint density at radius 1 is 0.962 bits per heavy atom. The number of nitrogens with one attached hydrogen (secondary N) is 1. The van der Waals surface area contributed by atoms with E-state index in [1.54, 1.807) is 0 Å². The average Bonchev–Trinajstić information content (AvgIpc) is 2.72. The first-order chi connectivity index (χ1) is 12.7. The lowest BCUT2D eigenvalue weighted by molar-refractivity contribution is -0.133. The standard InChI is InChI=1S/C20H30N4O2/c21-22-19(25)10-11-20(26)24-14-12-23(13-15-24)18-8-6-17(7-9-18)16-4-2-1-3-5-16/h6-9,16H,1-5,10-15,21H2,(H,22,25). The minimum Gasteiger partial charge on any atom is -0.368 e. The van der Waals surface area contributed by atoms with Crippen LogP contribution in [0, 0.1) is 0 Å². The zero-order chi connectivity index (χ0) is 18.4. The van der Waals surface area contributed by atoms with Crippen LogP contribution in [-0.4, -0.2) is 42.9 Å². The quantitative estimate of drug-likeness (QED) is 0.480. The Hall–Kier alpha value is -2.08. The van der Waals surface area contributed by atoms with Gasteiger partial charge in [-0.1, -0.05) is 31.4 Å². The van der Waals surface area contributed by atoms with E-state index in [9.17, 15) is 9.59 Å². The fourth-order valence-corrected chi connectivity index (χ4v) is 4.06. The van der Waals surface area contributed by atoms with Crippen LogP contribution >= 0.6 is 0 Å². The molecule has 142 valence electrons. The topological polar surface area (TPSA) is 78.7 Å². The van der Waals surface area contributed by atoms with Gasteiger partial charge in [-0.3, -0.25) is 15.0 Å². The van der Waals surface area contributed by atoms with Crippen LogP contribution < -0.4 is 16.2 Å². The Morgan fingerprint density at radius 3 is 2.23 bits per heavy atom. The lowest BCUT2D eigenvalue weighted by atomic mass is 9.84. The number of nitrogens with two attached hydrogens (primary N) is 1. The Morgan fingerprint density at radius 2 is 1.62 bits per heavy atom. The Kier molecular flexibility index (Phi) is 6.50. The molecule has 1 heterocycles. The third-order valence-electron chi connectivity index (χ3n) is 5.69. The number of hydrogen-bond donors (Lipinski definition) is 2. The molecule has 0 aromatic heterocycles. The smallest absolute Gasteiger partial charge is 0.234 e. The van der Waals surface area contributed by atoms with Gasteiger partial charge in [-0.2, -0.15) is 0 Å². The number of benzene rings is 1. The number of hydrogen-bond acceptors (Lipinski definition) is 4. The van der Waals surface area contributed by atoms with Crippen molar-refractivity contribution in [2.75, 3.05) is 31.1 Å². The van der Waals surface area contributed by atoms with Crippen molar-refractivity contribution in [2.24, 2.45) is 5.84 Å². The second-order valence-corrected chi connectivity index (χ2v) is 7.36. The maximum absolute atomic E-state index is 12.2. The summed E-state index contributed by atoms with van der Waals surface area (Å²) in [5.41, 5.74) is 4.77. The molecule has 6 nitrogen and oxygen atoms in total. The maximum Gasteiger partial charge on any atom is 0.234 e. The number of piperazine rings is 1. The Bertz CT molecular complexity index is 603. The summed E-state index contributed by atoms with van der Waals surface area (Å²) in [7, 11) is 0. The van der Waals surface area contributed by atoms with Crippen molar-refractivity contribution in [3.63, 3.8) is 0 Å². The van der Waals surface area contributed by atoms with Gasteiger partial charge in [0.05, 0.1) is 0 Å². The minimum absolute atomic E-state index is 0.0286. The summed E-state index contributed by atoms with van der Waals surface area (Å²) in [6.45, 7) is 3.07. The van der Waals surface area contributed by atoms with Crippen LogP contribution in [0.3, 0.4) is 0 Å². The van der Waals surface area contributed by atoms with E-state index < -0.39 is 0 Å². The van der Waals surface area contributed by atoms with E-state index in [-0.39, 0.29) is 24.7 Å². The van der Waals surface area contributed by atoms with Crippen molar-refractivity contribution in [1.82, 2.24) is 10.3 Å². The van der Waals surface area contributed by atoms with Gasteiger partial charge >= 0.3 is 0 Å². The number of rotatable bonds is 5. The lowest BCUT2D eigenvalue weighted by Gasteiger charge is -2.36. The van der Waals surface area contributed by atoms with Crippen molar-refractivity contribution in [2.45, 2.75) is 50.9 Å². The second kappa shape index (κ2) is 9.03. The van der Waals surface area contributed by atoms with Crippen LogP contribution in [0.1, 0.15) is 56.4 Å². The van der Waals surface area contributed by atoms with Gasteiger partial charge in [0.25, 0.3) is 0 Å². The highest BCUT2D eigenvalue weighted by Crippen LogP contribution is 2.33. The monoisotopic (exact) mass is 358 g/mol. The molecule has 0 spiro atoms. The molecule has 0 atom stereocenters. The first-order valence-corrected chi connectivity index (χ1v) is 9.79. The molecule has 3 rings (SSSR count). The van der Waals surface area contributed by atoms with Gasteiger partial charge in [0.1, 0.15) is 0 Å². The molecule has 26 heavy (non-hydrogen) atoms. The summed E-state index contributed by atoms with van der Waals surface area (Å²) in [6.07, 6.45) is 7.11. The first kappa shape index (κ1) is 18.7. The van der Waals surface area contributed by atoms with Gasteiger partial charge in [0.2, 0.25) is 11.8 Å². The Labute approximate surface area is 155 Å². The normalized spacial score (nSPS) is 18.7. The van der Waals surface area contributed by atoms with Crippen LogP contribution in [-0.2, 0) is 9.59 Å². The maximum atomic E-state index is 12.2. The third kappa shape index (κ3) is 4.75. The number of anilines is 1. The number of carbonyl (C=O) groups excluding carboxylic acids is 2. The molecule has 0 radical (unpaired) electrons. The van der Waals surface area contributed by atoms with Crippen molar-refractivity contribution >= 4 is 17.5 Å². The van der Waals surface area contributed by atoms with Gasteiger partial charge in [0, 0.05) is 44.7 Å². The van der Waals surface area contributed by atoms with Crippen LogP contribution in [0.25, 0.3) is 0 Å². The molecule has 1 aliphatic heterocycles. The van der Waals surface area contributed by atoms with E-state index >= 15 is 0 Å². The number of amides is 2. The van der Waals surface area contributed by atoms with Gasteiger partial charge < -0.3 is 9.80 Å². The zero-order valence-corrected chi connectivity index (χ0v) is 15.5. The van der Waals surface area contributed by atoms with Crippen LogP contribution in [0.4, 0.5) is 5.69 Å². The van der Waals surface area contributed by atoms with Crippen LogP contribution in [0.5, 0.6) is 0 Å². The molecule has 3 N–H and O–H groups in total. The van der Waals surface area contributed by atoms with Gasteiger partial charge in [-0.15, -0.1) is 0 Å².